The number of piperidine rings is 1. The molecule has 0 aliphatic carbocycles. The number of nitro benzene ring substituents is 1. The Labute approximate surface area is 210 Å². The summed E-state index contributed by atoms with van der Waals surface area (Å²) in [5, 5.41) is 16.0. The van der Waals surface area contributed by atoms with E-state index in [0.717, 1.165) is 43.7 Å². The lowest BCUT2D eigenvalue weighted by Gasteiger charge is -2.33. The van der Waals surface area contributed by atoms with Crippen LogP contribution in [0.4, 0.5) is 17.1 Å². The summed E-state index contributed by atoms with van der Waals surface area (Å²) in [7, 11) is 0. The first-order valence-electron chi connectivity index (χ1n) is 12.4. The van der Waals surface area contributed by atoms with Crippen LogP contribution in [-0.4, -0.2) is 36.6 Å². The van der Waals surface area contributed by atoms with Crippen LogP contribution in [0.3, 0.4) is 0 Å². The van der Waals surface area contributed by atoms with Gasteiger partial charge in [-0.15, -0.1) is 0 Å². The quantitative estimate of drug-likeness (QED) is 0.378. The second-order valence-corrected chi connectivity index (χ2v) is 9.33. The minimum atomic E-state index is -0.393. The summed E-state index contributed by atoms with van der Waals surface area (Å²) in [6.45, 7) is 1.95. The SMILES string of the molecule is O=C(NC[C@@H]1C[C@@H](c2ccccc2)N(c2ccccc2)O1)C1CCN(c2ccc([N+](=O)[O-])cc2)CC1. The number of hydrogen-bond donors (Lipinski definition) is 1. The Kier molecular flexibility index (Phi) is 7.13. The predicted octanol–water partition coefficient (Wildman–Crippen LogP) is 4.88. The molecule has 2 aliphatic heterocycles. The fourth-order valence-corrected chi connectivity index (χ4v) is 5.05. The number of nitro groups is 1. The number of amides is 1. The first-order chi connectivity index (χ1) is 17.6. The molecular weight excluding hydrogens is 456 g/mol. The fraction of sp³-hybridized carbons (Fsp3) is 0.321. The molecule has 5 rings (SSSR count). The van der Waals surface area contributed by atoms with Gasteiger partial charge >= 0.3 is 0 Å². The third-order valence-electron chi connectivity index (χ3n) is 7.02. The average Bonchev–Trinajstić information content (AvgIpc) is 3.37. The number of anilines is 2. The van der Waals surface area contributed by atoms with Crippen molar-refractivity contribution in [2.24, 2.45) is 5.92 Å². The molecule has 186 valence electrons. The van der Waals surface area contributed by atoms with Crippen LogP contribution < -0.4 is 15.3 Å². The molecule has 0 unspecified atom stereocenters. The van der Waals surface area contributed by atoms with Crippen molar-refractivity contribution in [3.63, 3.8) is 0 Å². The predicted molar refractivity (Wildman–Crippen MR) is 139 cm³/mol. The molecular formula is C28H30N4O4. The number of nitrogens with one attached hydrogen (secondary N) is 1. The van der Waals surface area contributed by atoms with Crippen molar-refractivity contribution in [1.29, 1.82) is 0 Å². The van der Waals surface area contributed by atoms with Gasteiger partial charge in [-0.25, -0.2) is 5.06 Å². The molecule has 8 heteroatoms. The van der Waals surface area contributed by atoms with Crippen LogP contribution in [0.1, 0.15) is 30.9 Å². The number of carbonyl (C=O) groups is 1. The largest absolute Gasteiger partial charge is 0.371 e. The van der Waals surface area contributed by atoms with Crippen molar-refractivity contribution in [3.8, 4) is 0 Å². The zero-order valence-electron chi connectivity index (χ0n) is 20.0. The van der Waals surface area contributed by atoms with Crippen LogP contribution in [0.2, 0.25) is 0 Å². The topological polar surface area (TPSA) is 88.0 Å². The van der Waals surface area contributed by atoms with E-state index < -0.39 is 4.92 Å². The zero-order chi connectivity index (χ0) is 24.9. The van der Waals surface area contributed by atoms with E-state index >= 15 is 0 Å². The van der Waals surface area contributed by atoms with Gasteiger partial charge in [0.15, 0.2) is 0 Å². The number of rotatable bonds is 7. The molecule has 2 saturated heterocycles. The highest BCUT2D eigenvalue weighted by Crippen LogP contribution is 2.37. The van der Waals surface area contributed by atoms with Gasteiger partial charge in [-0.1, -0.05) is 48.5 Å². The Morgan fingerprint density at radius 2 is 1.56 bits per heavy atom. The molecule has 3 aromatic carbocycles. The second-order valence-electron chi connectivity index (χ2n) is 9.33. The molecule has 2 atom stereocenters. The van der Waals surface area contributed by atoms with Gasteiger partial charge in [-0.3, -0.25) is 19.7 Å². The first kappa shape index (κ1) is 23.8. The van der Waals surface area contributed by atoms with Gasteiger partial charge in [0.1, 0.15) is 6.10 Å². The lowest BCUT2D eigenvalue weighted by molar-refractivity contribution is -0.384. The Bertz CT molecular complexity index is 1120. The molecule has 0 bridgehead atoms. The van der Waals surface area contributed by atoms with Crippen molar-refractivity contribution in [1.82, 2.24) is 5.32 Å². The number of para-hydroxylation sites is 1. The van der Waals surface area contributed by atoms with Crippen molar-refractivity contribution >= 4 is 23.0 Å². The minimum absolute atomic E-state index is 0.0455. The van der Waals surface area contributed by atoms with E-state index in [1.807, 2.05) is 53.6 Å². The van der Waals surface area contributed by atoms with Crippen LogP contribution in [0.15, 0.2) is 84.9 Å². The Balaban J connectivity index is 1.15. The van der Waals surface area contributed by atoms with Crippen LogP contribution in [0, 0.1) is 16.0 Å². The van der Waals surface area contributed by atoms with E-state index in [1.54, 1.807) is 12.1 Å². The molecule has 1 amide bonds. The van der Waals surface area contributed by atoms with Gasteiger partial charge in [0.2, 0.25) is 5.91 Å². The zero-order valence-corrected chi connectivity index (χ0v) is 20.0. The highest BCUT2D eigenvalue weighted by molar-refractivity contribution is 5.79. The summed E-state index contributed by atoms with van der Waals surface area (Å²) in [5.41, 5.74) is 3.22. The molecule has 2 aliphatic rings. The summed E-state index contributed by atoms with van der Waals surface area (Å²) < 4.78 is 0. The third kappa shape index (κ3) is 5.33. The average molecular weight is 487 g/mol. The molecule has 36 heavy (non-hydrogen) atoms. The van der Waals surface area contributed by atoms with E-state index in [4.69, 9.17) is 4.84 Å². The molecule has 8 nitrogen and oxygen atoms in total. The summed E-state index contributed by atoms with van der Waals surface area (Å²) >= 11 is 0. The number of non-ortho nitro benzene ring substituents is 1. The van der Waals surface area contributed by atoms with E-state index in [9.17, 15) is 14.9 Å². The molecule has 1 N–H and O–H groups in total. The molecule has 2 fully saturated rings. The highest BCUT2D eigenvalue weighted by Gasteiger charge is 2.35. The Morgan fingerprint density at radius 1 is 0.917 bits per heavy atom. The van der Waals surface area contributed by atoms with Crippen molar-refractivity contribution < 1.29 is 14.6 Å². The fourth-order valence-electron chi connectivity index (χ4n) is 5.05. The molecule has 0 aromatic heterocycles. The summed E-state index contributed by atoms with van der Waals surface area (Å²) in [6.07, 6.45) is 2.17. The molecule has 0 spiro atoms. The van der Waals surface area contributed by atoms with Gasteiger partial charge in [-0.2, -0.15) is 0 Å². The lowest BCUT2D eigenvalue weighted by atomic mass is 9.95. The smallest absolute Gasteiger partial charge is 0.269 e. The van der Waals surface area contributed by atoms with Crippen LogP contribution in [0.25, 0.3) is 0 Å². The van der Waals surface area contributed by atoms with E-state index in [0.29, 0.717) is 6.54 Å². The normalized spacial score (nSPS) is 20.3. The molecule has 2 heterocycles. The van der Waals surface area contributed by atoms with Crippen LogP contribution in [-0.2, 0) is 9.63 Å². The van der Waals surface area contributed by atoms with Crippen molar-refractivity contribution in [2.45, 2.75) is 31.4 Å². The van der Waals surface area contributed by atoms with Crippen LogP contribution in [0.5, 0.6) is 0 Å². The second kappa shape index (κ2) is 10.8. The molecule has 0 radical (unpaired) electrons. The van der Waals surface area contributed by atoms with Crippen molar-refractivity contribution in [3.05, 3.63) is 101 Å². The van der Waals surface area contributed by atoms with Gasteiger partial charge in [0, 0.05) is 49.8 Å². The maximum Gasteiger partial charge on any atom is 0.269 e. The van der Waals surface area contributed by atoms with Gasteiger partial charge in [-0.05, 0) is 42.7 Å². The lowest BCUT2D eigenvalue weighted by Crippen LogP contribution is -2.42. The summed E-state index contributed by atoms with van der Waals surface area (Å²) in [4.78, 5) is 31.9. The maximum atomic E-state index is 12.9. The molecule has 3 aromatic rings. The number of nitrogens with zero attached hydrogens (tertiary/aromatic N) is 3. The van der Waals surface area contributed by atoms with Gasteiger partial charge in [0.25, 0.3) is 5.69 Å². The number of carbonyl (C=O) groups excluding carboxylic acids is 1. The Hall–Kier alpha value is -3.91. The van der Waals surface area contributed by atoms with Crippen molar-refractivity contribution in [2.75, 3.05) is 29.6 Å². The van der Waals surface area contributed by atoms with Gasteiger partial charge < -0.3 is 10.2 Å². The minimum Gasteiger partial charge on any atom is -0.371 e. The van der Waals surface area contributed by atoms with E-state index in [-0.39, 0.29) is 29.7 Å². The summed E-state index contributed by atoms with van der Waals surface area (Å²) in [5.74, 6) is 0.0206. The van der Waals surface area contributed by atoms with Gasteiger partial charge in [0.05, 0.1) is 16.7 Å². The Morgan fingerprint density at radius 3 is 2.19 bits per heavy atom. The van der Waals surface area contributed by atoms with E-state index in [1.165, 1.54) is 17.7 Å². The third-order valence-corrected chi connectivity index (χ3v) is 7.02. The number of benzene rings is 3. The number of hydroxylamine groups is 1. The highest BCUT2D eigenvalue weighted by atomic mass is 16.7. The summed E-state index contributed by atoms with van der Waals surface area (Å²) in [6, 6.07) is 27.1. The monoisotopic (exact) mass is 486 g/mol. The molecule has 0 saturated carbocycles. The standard InChI is InChI=1S/C28H30N4O4/c33-28(22-15-17-30(18-16-22)23-11-13-25(14-12-23)32(34)35)29-20-26-19-27(21-7-3-1-4-8-21)31(36-26)24-9-5-2-6-10-24/h1-14,22,26-27H,15-20H2,(H,29,33)/t26-,27-/m0/s1. The number of hydrogen-bond acceptors (Lipinski definition) is 6. The van der Waals surface area contributed by atoms with Crippen LogP contribution >= 0.6 is 0 Å². The first-order valence-corrected chi connectivity index (χ1v) is 12.4. The van der Waals surface area contributed by atoms with E-state index in [2.05, 4.69) is 22.3 Å². The maximum absolute atomic E-state index is 12.9.